The molecule has 2 heterocycles. The Balaban J connectivity index is 1.81. The molecule has 1 fully saturated rings. The van der Waals surface area contributed by atoms with Crippen LogP contribution in [0.5, 0.6) is 0 Å². The van der Waals surface area contributed by atoms with Crippen LogP contribution in [-0.4, -0.2) is 31.5 Å². The van der Waals surface area contributed by atoms with Crippen molar-refractivity contribution < 1.29 is 18.7 Å². The quantitative estimate of drug-likeness (QED) is 0.472. The van der Waals surface area contributed by atoms with Crippen molar-refractivity contribution in [2.45, 2.75) is 44.2 Å². The first kappa shape index (κ1) is 18.8. The van der Waals surface area contributed by atoms with Crippen LogP contribution in [0, 0.1) is 5.82 Å². The van der Waals surface area contributed by atoms with E-state index in [4.69, 9.17) is 0 Å². The minimum absolute atomic E-state index is 0.0500. The summed E-state index contributed by atoms with van der Waals surface area (Å²) in [5.74, 6) is -1.83. The molecule has 0 saturated heterocycles. The number of nitrogens with zero attached hydrogens (tertiary/aromatic N) is 2. The summed E-state index contributed by atoms with van der Waals surface area (Å²) < 4.78 is 30.3. The van der Waals surface area contributed by atoms with Crippen molar-refractivity contribution in [3.63, 3.8) is 0 Å². The first-order chi connectivity index (χ1) is 14.3. The molecule has 7 heteroatoms. The van der Waals surface area contributed by atoms with Crippen LogP contribution in [0.1, 0.15) is 49.8 Å². The van der Waals surface area contributed by atoms with Gasteiger partial charge in [-0.25, -0.2) is 13.6 Å². The molecule has 0 amide bonds. The number of aromatic nitrogens is 3. The van der Waals surface area contributed by atoms with E-state index in [0.717, 1.165) is 38.8 Å². The van der Waals surface area contributed by atoms with Crippen LogP contribution in [0.2, 0.25) is 0 Å². The van der Waals surface area contributed by atoms with Gasteiger partial charge in [0.1, 0.15) is 5.82 Å². The Kier molecular flexibility index (Phi) is 4.00. The SMILES string of the molecule is CC(C)c1c(C2CC(F)(C(=O)O)C2)c2cc3[nH]ncc3cc2n1-c1ccc(F)cc1. The fourth-order valence-corrected chi connectivity index (χ4v) is 4.73. The molecule has 2 aromatic heterocycles. The van der Waals surface area contributed by atoms with Gasteiger partial charge in [-0.2, -0.15) is 5.10 Å². The molecule has 2 aromatic carbocycles. The number of alkyl halides is 1. The lowest BCUT2D eigenvalue weighted by atomic mass is 9.68. The van der Waals surface area contributed by atoms with E-state index >= 15 is 0 Å². The smallest absolute Gasteiger partial charge is 0.341 e. The summed E-state index contributed by atoms with van der Waals surface area (Å²) in [5.41, 5.74) is 2.37. The third-order valence-corrected chi connectivity index (χ3v) is 6.17. The zero-order valence-corrected chi connectivity index (χ0v) is 16.6. The van der Waals surface area contributed by atoms with E-state index in [1.54, 1.807) is 18.3 Å². The molecular weight excluding hydrogens is 388 g/mol. The topological polar surface area (TPSA) is 70.9 Å². The molecule has 154 valence electrons. The van der Waals surface area contributed by atoms with Crippen LogP contribution in [0.4, 0.5) is 8.78 Å². The Morgan fingerprint density at radius 1 is 1.27 bits per heavy atom. The van der Waals surface area contributed by atoms with Gasteiger partial charge in [-0.15, -0.1) is 0 Å². The average molecular weight is 409 g/mol. The Morgan fingerprint density at radius 2 is 1.97 bits per heavy atom. The highest BCUT2D eigenvalue weighted by Gasteiger charge is 2.53. The van der Waals surface area contributed by atoms with E-state index in [-0.39, 0.29) is 30.5 Å². The lowest BCUT2D eigenvalue weighted by Crippen LogP contribution is -2.45. The summed E-state index contributed by atoms with van der Waals surface area (Å²) in [5, 5.41) is 18.2. The number of carboxylic acids is 1. The first-order valence-electron chi connectivity index (χ1n) is 9.98. The first-order valence-corrected chi connectivity index (χ1v) is 9.98. The van der Waals surface area contributed by atoms with E-state index in [1.165, 1.54) is 12.1 Å². The molecule has 5 rings (SSSR count). The second kappa shape index (κ2) is 6.39. The predicted octanol–water partition coefficient (Wildman–Crippen LogP) is 5.44. The Hall–Kier alpha value is -3.22. The van der Waals surface area contributed by atoms with Crippen LogP contribution in [0.3, 0.4) is 0 Å². The van der Waals surface area contributed by atoms with Crippen molar-refractivity contribution in [1.82, 2.24) is 14.8 Å². The number of rotatable bonds is 4. The van der Waals surface area contributed by atoms with Gasteiger partial charge in [0.2, 0.25) is 5.67 Å². The summed E-state index contributed by atoms with van der Waals surface area (Å²) >= 11 is 0. The predicted molar refractivity (Wildman–Crippen MR) is 110 cm³/mol. The molecule has 1 aliphatic carbocycles. The van der Waals surface area contributed by atoms with Gasteiger partial charge in [0.25, 0.3) is 0 Å². The second-order valence-corrected chi connectivity index (χ2v) is 8.47. The largest absolute Gasteiger partial charge is 0.479 e. The molecule has 2 N–H and O–H groups in total. The third-order valence-electron chi connectivity index (χ3n) is 6.17. The summed E-state index contributed by atoms with van der Waals surface area (Å²) in [4.78, 5) is 11.3. The van der Waals surface area contributed by atoms with E-state index in [1.807, 2.05) is 12.1 Å². The van der Waals surface area contributed by atoms with Gasteiger partial charge < -0.3 is 9.67 Å². The van der Waals surface area contributed by atoms with Crippen LogP contribution in [-0.2, 0) is 4.79 Å². The van der Waals surface area contributed by atoms with E-state index in [2.05, 4.69) is 28.6 Å². The molecule has 30 heavy (non-hydrogen) atoms. The molecule has 1 aliphatic rings. The Labute approximate surface area is 171 Å². The number of benzene rings is 2. The van der Waals surface area contributed by atoms with Crippen molar-refractivity contribution >= 4 is 27.8 Å². The van der Waals surface area contributed by atoms with Crippen molar-refractivity contribution in [2.75, 3.05) is 0 Å². The number of fused-ring (bicyclic) bond motifs is 2. The summed E-state index contributed by atoms with van der Waals surface area (Å²) in [6.07, 6.45) is 1.64. The molecular formula is C23H21F2N3O2. The highest BCUT2D eigenvalue weighted by atomic mass is 19.1. The van der Waals surface area contributed by atoms with Gasteiger partial charge in [-0.3, -0.25) is 5.10 Å². The van der Waals surface area contributed by atoms with Crippen LogP contribution >= 0.6 is 0 Å². The lowest BCUT2D eigenvalue weighted by Gasteiger charge is -2.39. The van der Waals surface area contributed by atoms with Crippen molar-refractivity contribution in [3.8, 4) is 5.69 Å². The third kappa shape index (κ3) is 2.65. The number of carbonyl (C=O) groups is 1. The maximum absolute atomic E-state index is 14.6. The van der Waals surface area contributed by atoms with E-state index in [9.17, 15) is 18.7 Å². The molecule has 1 saturated carbocycles. The van der Waals surface area contributed by atoms with Crippen LogP contribution < -0.4 is 0 Å². The van der Waals surface area contributed by atoms with Crippen molar-refractivity contribution in [2.24, 2.45) is 0 Å². The van der Waals surface area contributed by atoms with Gasteiger partial charge in [0, 0.05) is 22.2 Å². The molecule has 0 aliphatic heterocycles. The fraction of sp³-hybridized carbons (Fsp3) is 0.304. The number of nitrogens with one attached hydrogen (secondary N) is 1. The summed E-state index contributed by atoms with van der Waals surface area (Å²) in [7, 11) is 0. The van der Waals surface area contributed by atoms with Crippen LogP contribution in [0.15, 0.2) is 42.6 Å². The maximum Gasteiger partial charge on any atom is 0.341 e. The van der Waals surface area contributed by atoms with Gasteiger partial charge in [-0.1, -0.05) is 13.8 Å². The van der Waals surface area contributed by atoms with Gasteiger partial charge in [-0.05, 0) is 66.6 Å². The normalized spacial score (nSPS) is 21.4. The molecule has 0 bridgehead atoms. The van der Waals surface area contributed by atoms with Crippen molar-refractivity contribution in [1.29, 1.82) is 0 Å². The number of H-pyrrole nitrogens is 1. The summed E-state index contributed by atoms with van der Waals surface area (Å²) in [6.45, 7) is 4.12. The minimum Gasteiger partial charge on any atom is -0.479 e. The highest BCUT2D eigenvalue weighted by molar-refractivity contribution is 5.99. The number of halogens is 2. The molecule has 0 atom stereocenters. The van der Waals surface area contributed by atoms with E-state index < -0.39 is 11.6 Å². The van der Waals surface area contributed by atoms with Gasteiger partial charge >= 0.3 is 5.97 Å². The zero-order valence-electron chi connectivity index (χ0n) is 16.6. The monoisotopic (exact) mass is 409 g/mol. The number of hydrogen-bond donors (Lipinski definition) is 2. The number of aliphatic carboxylic acids is 1. The fourth-order valence-electron chi connectivity index (χ4n) is 4.73. The molecule has 0 spiro atoms. The second-order valence-electron chi connectivity index (χ2n) is 8.47. The number of aromatic amines is 1. The number of carboxylic acid groups (broad SMARTS) is 1. The zero-order chi connectivity index (χ0) is 21.2. The highest BCUT2D eigenvalue weighted by Crippen LogP contribution is 2.52. The minimum atomic E-state index is -2.18. The standard InChI is InChI=1S/C23H21F2N3O2/c1-12(2)21-20(14-9-23(25,10-14)22(29)30)17-8-18-13(11-26-27-18)7-19(17)28(21)16-5-3-15(24)4-6-16/h3-8,11-12,14H,9-10H2,1-2H3,(H,26,27)(H,29,30). The Bertz CT molecular complexity index is 1280. The van der Waals surface area contributed by atoms with E-state index in [0.29, 0.717) is 0 Å². The lowest BCUT2D eigenvalue weighted by molar-refractivity contribution is -0.158. The molecule has 5 nitrogen and oxygen atoms in total. The number of hydrogen-bond acceptors (Lipinski definition) is 2. The molecule has 4 aromatic rings. The van der Waals surface area contributed by atoms with Crippen LogP contribution in [0.25, 0.3) is 27.5 Å². The average Bonchev–Trinajstić information content (AvgIpc) is 3.26. The van der Waals surface area contributed by atoms with Gasteiger partial charge in [0.15, 0.2) is 0 Å². The Morgan fingerprint density at radius 3 is 2.60 bits per heavy atom. The summed E-state index contributed by atoms with van der Waals surface area (Å²) in [6, 6.07) is 10.3. The maximum atomic E-state index is 14.6. The molecule has 0 unspecified atom stereocenters. The van der Waals surface area contributed by atoms with Crippen molar-refractivity contribution in [3.05, 3.63) is 59.7 Å². The van der Waals surface area contributed by atoms with Gasteiger partial charge in [0.05, 0.1) is 17.2 Å². The molecule has 0 radical (unpaired) electrons.